The number of hydrogen-bond donors (Lipinski definition) is 0. The molecule has 2 aromatic heterocycles. The highest BCUT2D eigenvalue weighted by Gasteiger charge is 2.65. The van der Waals surface area contributed by atoms with Crippen molar-refractivity contribution in [3.63, 3.8) is 0 Å². The van der Waals surface area contributed by atoms with Gasteiger partial charge in [-0.1, -0.05) is 0 Å². The van der Waals surface area contributed by atoms with Gasteiger partial charge in [0, 0.05) is 69.8 Å². The molecule has 0 radical (unpaired) electrons. The fourth-order valence-electron chi connectivity index (χ4n) is 5.82. The predicted octanol–water partition coefficient (Wildman–Crippen LogP) is 1.16. The first kappa shape index (κ1) is 18.5. The van der Waals surface area contributed by atoms with Crippen LogP contribution in [-0.4, -0.2) is 75.2 Å². The van der Waals surface area contributed by atoms with Gasteiger partial charge in [0.2, 0.25) is 11.9 Å². The van der Waals surface area contributed by atoms with Crippen LogP contribution in [0.3, 0.4) is 0 Å². The molecule has 2 aromatic rings. The molecule has 3 saturated heterocycles. The average molecular weight is 396 g/mol. The number of anilines is 1. The first-order valence-corrected chi connectivity index (χ1v) is 10.5. The van der Waals surface area contributed by atoms with Crippen molar-refractivity contribution >= 4 is 11.9 Å². The van der Waals surface area contributed by atoms with Gasteiger partial charge in [-0.2, -0.15) is 5.10 Å². The number of rotatable bonds is 3. The first-order valence-electron chi connectivity index (χ1n) is 10.5. The molecule has 2 spiro atoms. The maximum atomic E-state index is 13.4. The van der Waals surface area contributed by atoms with Gasteiger partial charge in [-0.3, -0.25) is 14.4 Å². The Labute approximate surface area is 171 Å². The lowest BCUT2D eigenvalue weighted by atomic mass is 9.60. The van der Waals surface area contributed by atoms with Gasteiger partial charge in [0.15, 0.2) is 0 Å². The highest BCUT2D eigenvalue weighted by Crippen LogP contribution is 2.58. The second-order valence-electron chi connectivity index (χ2n) is 9.04. The Bertz CT molecular complexity index is 889. The van der Waals surface area contributed by atoms with E-state index in [4.69, 9.17) is 0 Å². The summed E-state index contributed by atoms with van der Waals surface area (Å²) >= 11 is 0. The maximum Gasteiger partial charge on any atom is 0.231 e. The smallest absolute Gasteiger partial charge is 0.231 e. The number of aryl methyl sites for hydroxylation is 1. The Morgan fingerprint density at radius 1 is 1.03 bits per heavy atom. The molecular weight excluding hydrogens is 366 g/mol. The lowest BCUT2D eigenvalue weighted by Crippen LogP contribution is -2.52. The van der Waals surface area contributed by atoms with Crippen molar-refractivity contribution in [1.29, 1.82) is 0 Å². The van der Waals surface area contributed by atoms with E-state index in [0.717, 1.165) is 64.5 Å². The molecule has 0 unspecified atom stereocenters. The summed E-state index contributed by atoms with van der Waals surface area (Å²) in [5.41, 5.74) is 0.946. The second-order valence-corrected chi connectivity index (χ2v) is 9.04. The summed E-state index contributed by atoms with van der Waals surface area (Å²) in [6.07, 6.45) is 10.6. The van der Waals surface area contributed by atoms with Crippen LogP contribution in [0.5, 0.6) is 0 Å². The van der Waals surface area contributed by atoms with Crippen molar-refractivity contribution < 1.29 is 4.79 Å². The van der Waals surface area contributed by atoms with E-state index in [1.165, 1.54) is 5.56 Å². The minimum atomic E-state index is -0.304. The van der Waals surface area contributed by atoms with Gasteiger partial charge in [0.25, 0.3) is 0 Å². The zero-order chi connectivity index (χ0) is 20.1. The SMILES string of the molecule is CN1CC[C@@]2(CN(c3ncccn3)CC23CCN(Cc2cnn(C)c2)CC3)C1=O. The number of likely N-dealkylation sites (tertiary alicyclic amines) is 2. The Morgan fingerprint density at radius 2 is 1.79 bits per heavy atom. The molecule has 154 valence electrons. The molecule has 3 fully saturated rings. The highest BCUT2D eigenvalue weighted by atomic mass is 16.2. The van der Waals surface area contributed by atoms with Crippen LogP contribution in [0.25, 0.3) is 0 Å². The third-order valence-electron chi connectivity index (χ3n) is 7.41. The topological polar surface area (TPSA) is 70.4 Å². The van der Waals surface area contributed by atoms with Gasteiger partial charge in [0.05, 0.1) is 11.6 Å². The van der Waals surface area contributed by atoms with Crippen molar-refractivity contribution in [3.05, 3.63) is 36.4 Å². The zero-order valence-corrected chi connectivity index (χ0v) is 17.3. The number of piperidine rings is 1. The number of hydrogen-bond acceptors (Lipinski definition) is 6. The fraction of sp³-hybridized carbons (Fsp3) is 0.619. The molecule has 1 amide bonds. The molecule has 29 heavy (non-hydrogen) atoms. The van der Waals surface area contributed by atoms with Gasteiger partial charge >= 0.3 is 0 Å². The van der Waals surface area contributed by atoms with Crippen molar-refractivity contribution in [2.45, 2.75) is 25.8 Å². The largest absolute Gasteiger partial charge is 0.345 e. The summed E-state index contributed by atoms with van der Waals surface area (Å²) in [5, 5.41) is 4.29. The molecule has 0 bridgehead atoms. The van der Waals surface area contributed by atoms with Gasteiger partial charge in [-0.25, -0.2) is 9.97 Å². The van der Waals surface area contributed by atoms with E-state index in [1.54, 1.807) is 12.4 Å². The quantitative estimate of drug-likeness (QED) is 0.777. The number of fused-ring (bicyclic) bond motifs is 1. The molecular formula is C21H29N7O. The molecule has 5 rings (SSSR count). The monoisotopic (exact) mass is 395 g/mol. The molecule has 8 nitrogen and oxygen atoms in total. The van der Waals surface area contributed by atoms with Crippen LogP contribution in [0.1, 0.15) is 24.8 Å². The van der Waals surface area contributed by atoms with Crippen LogP contribution in [0, 0.1) is 10.8 Å². The van der Waals surface area contributed by atoms with Gasteiger partial charge in [-0.05, 0) is 38.4 Å². The summed E-state index contributed by atoms with van der Waals surface area (Å²) in [4.78, 5) is 29.0. The average Bonchev–Trinajstić information content (AvgIpc) is 3.38. The van der Waals surface area contributed by atoms with E-state index in [0.29, 0.717) is 5.91 Å². The molecule has 0 saturated carbocycles. The van der Waals surface area contributed by atoms with E-state index in [9.17, 15) is 4.79 Å². The normalized spacial score (nSPS) is 26.9. The molecule has 0 aliphatic carbocycles. The van der Waals surface area contributed by atoms with Crippen LogP contribution >= 0.6 is 0 Å². The predicted molar refractivity (Wildman–Crippen MR) is 109 cm³/mol. The van der Waals surface area contributed by atoms with E-state index in [-0.39, 0.29) is 10.8 Å². The minimum absolute atomic E-state index is 0.000513. The summed E-state index contributed by atoms with van der Waals surface area (Å²) in [6, 6.07) is 1.84. The van der Waals surface area contributed by atoms with Gasteiger partial charge < -0.3 is 9.80 Å². The molecule has 0 aromatic carbocycles. The lowest BCUT2D eigenvalue weighted by Gasteiger charge is -2.46. The third kappa shape index (κ3) is 2.92. The van der Waals surface area contributed by atoms with E-state index in [2.05, 4.69) is 31.1 Å². The molecule has 1 atom stereocenters. The number of carbonyl (C=O) groups is 1. The third-order valence-corrected chi connectivity index (χ3v) is 7.41. The number of aromatic nitrogens is 4. The van der Waals surface area contributed by atoms with Crippen LogP contribution in [0.15, 0.2) is 30.9 Å². The summed E-state index contributed by atoms with van der Waals surface area (Å²) in [5.74, 6) is 1.07. The van der Waals surface area contributed by atoms with Crippen LogP contribution in [-0.2, 0) is 18.4 Å². The Morgan fingerprint density at radius 3 is 2.41 bits per heavy atom. The van der Waals surface area contributed by atoms with Crippen LogP contribution in [0.4, 0.5) is 5.95 Å². The Balaban J connectivity index is 1.39. The summed E-state index contributed by atoms with van der Waals surface area (Å²) in [6.45, 7) is 5.41. The first-order chi connectivity index (χ1) is 14.0. The fourth-order valence-corrected chi connectivity index (χ4v) is 5.82. The second kappa shape index (κ2) is 6.79. The summed E-state index contributed by atoms with van der Waals surface area (Å²) < 4.78 is 1.86. The number of nitrogens with zero attached hydrogens (tertiary/aromatic N) is 7. The van der Waals surface area contributed by atoms with Gasteiger partial charge in [-0.15, -0.1) is 0 Å². The van der Waals surface area contributed by atoms with E-state index >= 15 is 0 Å². The van der Waals surface area contributed by atoms with E-state index < -0.39 is 0 Å². The molecule has 0 N–H and O–H groups in total. The maximum absolute atomic E-state index is 13.4. The van der Waals surface area contributed by atoms with Crippen molar-refractivity contribution in [2.75, 3.05) is 44.7 Å². The number of amides is 1. The standard InChI is InChI=1S/C21H29N7O/c1-25-9-6-21(18(25)29)16-28(19-22-7-3-8-23-19)15-20(21)4-10-27(11-5-20)14-17-12-24-26(2)13-17/h3,7-8,12-13H,4-6,9-11,14-16H2,1-2H3/t21-/m1/s1. The minimum Gasteiger partial charge on any atom is -0.345 e. The molecule has 8 heteroatoms. The van der Waals surface area contributed by atoms with E-state index in [1.807, 2.05) is 35.9 Å². The van der Waals surface area contributed by atoms with Crippen molar-refractivity contribution in [1.82, 2.24) is 29.5 Å². The molecule has 5 heterocycles. The van der Waals surface area contributed by atoms with Crippen molar-refractivity contribution in [2.24, 2.45) is 17.9 Å². The summed E-state index contributed by atoms with van der Waals surface area (Å²) in [7, 11) is 3.91. The van der Waals surface area contributed by atoms with Gasteiger partial charge in [0.1, 0.15) is 0 Å². The van der Waals surface area contributed by atoms with Crippen LogP contribution in [0.2, 0.25) is 0 Å². The Hall–Kier alpha value is -2.48. The van der Waals surface area contributed by atoms with Crippen molar-refractivity contribution in [3.8, 4) is 0 Å². The zero-order valence-electron chi connectivity index (χ0n) is 17.3. The Kier molecular flexibility index (Phi) is 4.34. The highest BCUT2D eigenvalue weighted by molar-refractivity contribution is 5.87. The number of carbonyl (C=O) groups excluding carboxylic acids is 1. The van der Waals surface area contributed by atoms with Crippen LogP contribution < -0.4 is 4.90 Å². The molecule has 3 aliphatic heterocycles. The lowest BCUT2D eigenvalue weighted by molar-refractivity contribution is -0.141. The molecule has 3 aliphatic rings.